The van der Waals surface area contributed by atoms with Crippen LogP contribution in [0.5, 0.6) is 0 Å². The number of carboxylic acids is 1. The number of alkyl carbamates (subject to hydrolysis) is 1. The van der Waals surface area contributed by atoms with Gasteiger partial charge in [-0.15, -0.1) is 0 Å². The van der Waals surface area contributed by atoms with Gasteiger partial charge >= 0.3 is 12.1 Å². The summed E-state index contributed by atoms with van der Waals surface area (Å²) in [6, 6.07) is 8.04. The van der Waals surface area contributed by atoms with Gasteiger partial charge in [0, 0.05) is 6.61 Å². The predicted octanol–water partition coefficient (Wildman–Crippen LogP) is 2.43. The quantitative estimate of drug-likeness (QED) is 0.684. The molecular weight excluding hydrogens is 286 g/mol. The third-order valence-electron chi connectivity index (χ3n) is 2.93. The van der Waals surface area contributed by atoms with E-state index in [1.54, 1.807) is 0 Å². The lowest BCUT2D eigenvalue weighted by atomic mass is 10.1. The molecule has 1 aromatic carbocycles. The molecular formula is C16H23NO5. The van der Waals surface area contributed by atoms with Crippen LogP contribution < -0.4 is 5.32 Å². The molecule has 6 nitrogen and oxygen atoms in total. The van der Waals surface area contributed by atoms with Crippen molar-refractivity contribution in [3.8, 4) is 0 Å². The summed E-state index contributed by atoms with van der Waals surface area (Å²) in [7, 11) is 0. The molecule has 0 radical (unpaired) electrons. The second kappa shape index (κ2) is 9.78. The molecule has 1 unspecified atom stereocenters. The standard InChI is InChI=1S/C16H23NO5/c1-12(2)8-9-21-11-14(15(18)19)17-16(20)22-10-13-6-4-3-5-7-13/h3-7,12,14H,8-11H2,1-2H3,(H,17,20)(H,18,19). The number of hydrogen-bond donors (Lipinski definition) is 2. The van der Waals surface area contributed by atoms with Crippen LogP contribution >= 0.6 is 0 Å². The third kappa shape index (κ3) is 7.64. The SMILES string of the molecule is CC(C)CCOCC(NC(=O)OCc1ccccc1)C(=O)O. The molecule has 0 heterocycles. The summed E-state index contributed by atoms with van der Waals surface area (Å²) in [5.41, 5.74) is 0.831. The van der Waals surface area contributed by atoms with Gasteiger partial charge in [-0.3, -0.25) is 0 Å². The van der Waals surface area contributed by atoms with E-state index in [0.29, 0.717) is 12.5 Å². The molecule has 2 N–H and O–H groups in total. The van der Waals surface area contributed by atoms with Gasteiger partial charge in [0.15, 0.2) is 6.04 Å². The Hall–Kier alpha value is -2.08. The molecule has 0 aliphatic heterocycles. The molecule has 0 aliphatic rings. The molecule has 22 heavy (non-hydrogen) atoms. The number of carboxylic acid groups (broad SMARTS) is 1. The normalized spacial score (nSPS) is 12.0. The Labute approximate surface area is 130 Å². The maximum absolute atomic E-state index is 11.6. The third-order valence-corrected chi connectivity index (χ3v) is 2.93. The van der Waals surface area contributed by atoms with Gasteiger partial charge in [0.05, 0.1) is 6.61 Å². The zero-order valence-electron chi connectivity index (χ0n) is 13.0. The predicted molar refractivity (Wildman–Crippen MR) is 81.5 cm³/mol. The van der Waals surface area contributed by atoms with Gasteiger partial charge < -0.3 is 19.9 Å². The van der Waals surface area contributed by atoms with Crippen molar-refractivity contribution in [1.82, 2.24) is 5.32 Å². The number of nitrogens with one attached hydrogen (secondary N) is 1. The Kier molecular flexibility index (Phi) is 7.99. The Balaban J connectivity index is 2.32. The molecule has 0 spiro atoms. The molecule has 1 rings (SSSR count). The van der Waals surface area contributed by atoms with E-state index in [-0.39, 0.29) is 13.2 Å². The fraction of sp³-hybridized carbons (Fsp3) is 0.500. The number of aliphatic carboxylic acids is 1. The number of rotatable bonds is 9. The van der Waals surface area contributed by atoms with Gasteiger partial charge in [0.1, 0.15) is 6.61 Å². The van der Waals surface area contributed by atoms with Gasteiger partial charge in [0.25, 0.3) is 0 Å². The summed E-state index contributed by atoms with van der Waals surface area (Å²) in [5, 5.41) is 11.4. The molecule has 1 atom stereocenters. The van der Waals surface area contributed by atoms with Gasteiger partial charge in [-0.2, -0.15) is 0 Å². The van der Waals surface area contributed by atoms with Crippen molar-refractivity contribution >= 4 is 12.1 Å². The summed E-state index contributed by atoms with van der Waals surface area (Å²) in [5.74, 6) is -0.673. The van der Waals surface area contributed by atoms with Gasteiger partial charge in [-0.25, -0.2) is 9.59 Å². The van der Waals surface area contributed by atoms with E-state index in [2.05, 4.69) is 19.2 Å². The molecule has 0 saturated heterocycles. The maximum atomic E-state index is 11.6. The molecule has 0 aromatic heterocycles. The van der Waals surface area contributed by atoms with Crippen molar-refractivity contribution in [1.29, 1.82) is 0 Å². The smallest absolute Gasteiger partial charge is 0.408 e. The van der Waals surface area contributed by atoms with Crippen LogP contribution in [0.3, 0.4) is 0 Å². The van der Waals surface area contributed by atoms with E-state index in [4.69, 9.17) is 14.6 Å². The summed E-state index contributed by atoms with van der Waals surface area (Å²) in [6.45, 7) is 4.58. The van der Waals surface area contributed by atoms with Crippen molar-refractivity contribution in [3.05, 3.63) is 35.9 Å². The Bertz CT molecular complexity index is 461. The minimum atomic E-state index is -1.15. The number of carbonyl (C=O) groups excluding carboxylic acids is 1. The van der Waals surface area contributed by atoms with Crippen molar-refractivity contribution in [2.45, 2.75) is 32.9 Å². The van der Waals surface area contributed by atoms with Gasteiger partial charge in [-0.1, -0.05) is 44.2 Å². The molecule has 1 aromatic rings. The number of amides is 1. The van der Waals surface area contributed by atoms with E-state index in [1.165, 1.54) is 0 Å². The van der Waals surface area contributed by atoms with Crippen molar-refractivity contribution < 1.29 is 24.2 Å². The van der Waals surface area contributed by atoms with E-state index >= 15 is 0 Å². The fourth-order valence-corrected chi connectivity index (χ4v) is 1.60. The fourth-order valence-electron chi connectivity index (χ4n) is 1.60. The molecule has 122 valence electrons. The first-order valence-corrected chi connectivity index (χ1v) is 7.26. The van der Waals surface area contributed by atoms with Crippen LogP contribution in [0.25, 0.3) is 0 Å². The van der Waals surface area contributed by atoms with E-state index in [1.807, 2.05) is 30.3 Å². The van der Waals surface area contributed by atoms with Crippen LogP contribution in [0.1, 0.15) is 25.8 Å². The first-order chi connectivity index (χ1) is 10.5. The highest BCUT2D eigenvalue weighted by molar-refractivity contribution is 5.79. The molecule has 0 bridgehead atoms. The van der Waals surface area contributed by atoms with Gasteiger partial charge in [0.2, 0.25) is 0 Å². The summed E-state index contributed by atoms with van der Waals surface area (Å²) in [6.07, 6.45) is 0.0637. The molecule has 0 fully saturated rings. The average molecular weight is 309 g/mol. The highest BCUT2D eigenvalue weighted by atomic mass is 16.5. The van der Waals surface area contributed by atoms with Crippen LogP contribution in [0, 0.1) is 5.92 Å². The monoisotopic (exact) mass is 309 g/mol. The van der Waals surface area contributed by atoms with Gasteiger partial charge in [-0.05, 0) is 17.9 Å². The van der Waals surface area contributed by atoms with E-state index in [9.17, 15) is 9.59 Å². The van der Waals surface area contributed by atoms with Crippen LogP contribution in [-0.2, 0) is 20.9 Å². The highest BCUT2D eigenvalue weighted by Gasteiger charge is 2.20. The Morgan fingerprint density at radius 1 is 1.23 bits per heavy atom. The topological polar surface area (TPSA) is 84.9 Å². The largest absolute Gasteiger partial charge is 0.480 e. The second-order valence-corrected chi connectivity index (χ2v) is 5.35. The second-order valence-electron chi connectivity index (χ2n) is 5.35. The van der Waals surface area contributed by atoms with Crippen LogP contribution in [0.4, 0.5) is 4.79 Å². The summed E-state index contributed by atoms with van der Waals surface area (Å²) < 4.78 is 10.3. The maximum Gasteiger partial charge on any atom is 0.408 e. The average Bonchev–Trinajstić information content (AvgIpc) is 2.48. The molecule has 0 saturated carbocycles. The summed E-state index contributed by atoms with van der Waals surface area (Å²) in [4.78, 5) is 22.7. The lowest BCUT2D eigenvalue weighted by molar-refractivity contribution is -0.141. The molecule has 0 aliphatic carbocycles. The Morgan fingerprint density at radius 2 is 1.91 bits per heavy atom. The lowest BCUT2D eigenvalue weighted by Gasteiger charge is -2.15. The Morgan fingerprint density at radius 3 is 2.50 bits per heavy atom. The van der Waals surface area contributed by atoms with Crippen LogP contribution in [-0.4, -0.2) is 36.4 Å². The van der Waals surface area contributed by atoms with Crippen molar-refractivity contribution in [3.63, 3.8) is 0 Å². The minimum absolute atomic E-state index is 0.0809. The number of hydrogen-bond acceptors (Lipinski definition) is 4. The first-order valence-electron chi connectivity index (χ1n) is 7.26. The number of ether oxygens (including phenoxy) is 2. The zero-order chi connectivity index (χ0) is 16.4. The number of benzene rings is 1. The zero-order valence-corrected chi connectivity index (χ0v) is 13.0. The lowest BCUT2D eigenvalue weighted by Crippen LogP contribution is -2.44. The minimum Gasteiger partial charge on any atom is -0.480 e. The van der Waals surface area contributed by atoms with Crippen molar-refractivity contribution in [2.75, 3.05) is 13.2 Å². The number of carbonyl (C=O) groups is 2. The highest BCUT2D eigenvalue weighted by Crippen LogP contribution is 2.02. The van der Waals surface area contributed by atoms with E-state index in [0.717, 1.165) is 12.0 Å². The first kappa shape index (κ1) is 18.0. The van der Waals surface area contributed by atoms with Crippen LogP contribution in [0.2, 0.25) is 0 Å². The molecule has 1 amide bonds. The van der Waals surface area contributed by atoms with Crippen LogP contribution in [0.15, 0.2) is 30.3 Å². The van der Waals surface area contributed by atoms with Crippen molar-refractivity contribution in [2.24, 2.45) is 5.92 Å². The summed E-state index contributed by atoms with van der Waals surface area (Å²) >= 11 is 0. The van der Waals surface area contributed by atoms with E-state index < -0.39 is 18.1 Å². The molecule has 6 heteroatoms.